The van der Waals surface area contributed by atoms with Crippen LogP contribution in [0.25, 0.3) is 0 Å². The summed E-state index contributed by atoms with van der Waals surface area (Å²) in [5.74, 6) is 0.268. The van der Waals surface area contributed by atoms with Gasteiger partial charge in [-0.15, -0.1) is 0 Å². The third-order valence-corrected chi connectivity index (χ3v) is 6.28. The van der Waals surface area contributed by atoms with Gasteiger partial charge in [0, 0.05) is 37.2 Å². The fourth-order valence-corrected chi connectivity index (χ4v) is 5.53. The van der Waals surface area contributed by atoms with E-state index in [0.717, 1.165) is 30.5 Å². The van der Waals surface area contributed by atoms with Gasteiger partial charge in [-0.1, -0.05) is 53.7 Å². The van der Waals surface area contributed by atoms with E-state index in [0.29, 0.717) is 18.0 Å². The van der Waals surface area contributed by atoms with Crippen LogP contribution >= 0.6 is 0 Å². The van der Waals surface area contributed by atoms with Crippen molar-refractivity contribution < 1.29 is 9.59 Å². The van der Waals surface area contributed by atoms with Crippen molar-refractivity contribution >= 4 is 11.8 Å². The average molecular weight is 385 g/mol. The van der Waals surface area contributed by atoms with E-state index in [-0.39, 0.29) is 22.6 Å². The second kappa shape index (κ2) is 6.89. The molecule has 1 aliphatic carbocycles. The average Bonchev–Trinajstić information content (AvgIpc) is 2.82. The molecule has 2 bridgehead atoms. The molecule has 4 nitrogen and oxygen atoms in total. The minimum Gasteiger partial charge on any atom is -0.341 e. The van der Waals surface area contributed by atoms with Gasteiger partial charge in [-0.3, -0.25) is 9.59 Å². The Kier molecular flexibility index (Phi) is 5.14. The van der Waals surface area contributed by atoms with E-state index in [4.69, 9.17) is 0 Å². The fraction of sp³-hybridized carbons (Fsp3) is 0.667. The molecular formula is C24H36N2O2. The normalized spacial score (nSPS) is 26.2. The molecule has 2 fully saturated rings. The second-order valence-electron chi connectivity index (χ2n) is 11.3. The zero-order valence-electron chi connectivity index (χ0n) is 18.6. The Morgan fingerprint density at radius 2 is 1.71 bits per heavy atom. The van der Waals surface area contributed by atoms with E-state index >= 15 is 0 Å². The van der Waals surface area contributed by atoms with Gasteiger partial charge < -0.3 is 9.80 Å². The summed E-state index contributed by atoms with van der Waals surface area (Å²) in [7, 11) is 1.83. The smallest absolute Gasteiger partial charge is 0.254 e. The summed E-state index contributed by atoms with van der Waals surface area (Å²) in [6.07, 6.45) is 3.40. The first-order valence-corrected chi connectivity index (χ1v) is 10.5. The Balaban J connectivity index is 1.69. The number of carbonyl (C=O) groups is 2. The standard InChI is InChI=1S/C24H36N2O2/c1-22(2,3)21(28)25(7)14-17-8-10-18(11-9-17)20(27)26-16-24(6)13-19(26)12-23(4,5)15-24/h8-11,19H,12-16H2,1-7H3/t19-,24?/m1/s1. The lowest BCUT2D eigenvalue weighted by Gasteiger charge is -2.39. The summed E-state index contributed by atoms with van der Waals surface area (Å²) in [6, 6.07) is 8.16. The highest BCUT2D eigenvalue weighted by atomic mass is 16.2. The van der Waals surface area contributed by atoms with Crippen LogP contribution in [0.4, 0.5) is 0 Å². The lowest BCUT2D eigenvalue weighted by atomic mass is 9.65. The first kappa shape index (κ1) is 20.9. The number of rotatable bonds is 3. The molecule has 1 heterocycles. The van der Waals surface area contributed by atoms with Gasteiger partial charge in [-0.25, -0.2) is 0 Å². The number of hydrogen-bond donors (Lipinski definition) is 0. The molecule has 1 aromatic carbocycles. The van der Waals surface area contributed by atoms with Crippen molar-refractivity contribution in [3.63, 3.8) is 0 Å². The van der Waals surface area contributed by atoms with Crippen molar-refractivity contribution in [1.29, 1.82) is 0 Å². The molecule has 4 heteroatoms. The maximum atomic E-state index is 13.2. The van der Waals surface area contributed by atoms with Crippen LogP contribution in [0.15, 0.2) is 24.3 Å². The van der Waals surface area contributed by atoms with E-state index in [1.54, 1.807) is 4.90 Å². The highest BCUT2D eigenvalue weighted by molar-refractivity contribution is 5.94. The fourth-order valence-electron chi connectivity index (χ4n) is 5.53. The molecule has 1 saturated carbocycles. The molecule has 1 aromatic rings. The minimum atomic E-state index is -0.387. The Morgan fingerprint density at radius 3 is 2.29 bits per heavy atom. The van der Waals surface area contributed by atoms with Gasteiger partial charge in [0.2, 0.25) is 5.91 Å². The molecule has 2 aliphatic rings. The summed E-state index contributed by atoms with van der Waals surface area (Å²) >= 11 is 0. The molecular weight excluding hydrogens is 348 g/mol. The van der Waals surface area contributed by atoms with Crippen LogP contribution in [0.3, 0.4) is 0 Å². The van der Waals surface area contributed by atoms with Crippen molar-refractivity contribution in [3.8, 4) is 0 Å². The Hall–Kier alpha value is -1.84. The number of likely N-dealkylation sites (tertiary alicyclic amines) is 1. The maximum Gasteiger partial charge on any atom is 0.254 e. The monoisotopic (exact) mass is 384 g/mol. The summed E-state index contributed by atoms with van der Waals surface area (Å²) in [6.45, 7) is 14.2. The van der Waals surface area contributed by atoms with E-state index < -0.39 is 0 Å². The van der Waals surface area contributed by atoms with Crippen molar-refractivity contribution in [2.24, 2.45) is 16.2 Å². The molecule has 0 spiro atoms. The van der Waals surface area contributed by atoms with Crippen molar-refractivity contribution in [2.45, 2.75) is 73.4 Å². The number of nitrogens with zero attached hydrogens (tertiary/aromatic N) is 2. The van der Waals surface area contributed by atoms with Crippen LogP contribution in [0.1, 0.15) is 76.7 Å². The molecule has 154 valence electrons. The molecule has 2 amide bonds. The predicted octanol–water partition coefficient (Wildman–Crippen LogP) is 4.73. The summed E-state index contributed by atoms with van der Waals surface area (Å²) in [4.78, 5) is 29.4. The molecule has 1 unspecified atom stereocenters. The van der Waals surface area contributed by atoms with E-state index in [1.807, 2.05) is 52.1 Å². The zero-order chi connectivity index (χ0) is 20.9. The first-order chi connectivity index (χ1) is 12.8. The summed E-state index contributed by atoms with van der Waals surface area (Å²) < 4.78 is 0. The van der Waals surface area contributed by atoms with Gasteiger partial charge in [-0.05, 0) is 47.8 Å². The molecule has 0 N–H and O–H groups in total. The topological polar surface area (TPSA) is 40.6 Å². The highest BCUT2D eigenvalue weighted by Gasteiger charge is 2.51. The van der Waals surface area contributed by atoms with Crippen molar-refractivity contribution in [2.75, 3.05) is 13.6 Å². The Labute approximate surface area is 170 Å². The number of amides is 2. The molecule has 28 heavy (non-hydrogen) atoms. The van der Waals surface area contributed by atoms with Crippen LogP contribution in [-0.2, 0) is 11.3 Å². The van der Waals surface area contributed by atoms with Crippen molar-refractivity contribution in [1.82, 2.24) is 9.80 Å². The van der Waals surface area contributed by atoms with E-state index in [2.05, 4.69) is 25.7 Å². The second-order valence-corrected chi connectivity index (χ2v) is 11.3. The largest absolute Gasteiger partial charge is 0.341 e. The minimum absolute atomic E-state index is 0.118. The maximum absolute atomic E-state index is 13.2. The molecule has 1 saturated heterocycles. The van der Waals surface area contributed by atoms with E-state index in [9.17, 15) is 9.59 Å². The lowest BCUT2D eigenvalue weighted by molar-refractivity contribution is -0.138. The van der Waals surface area contributed by atoms with Gasteiger partial charge in [0.15, 0.2) is 0 Å². The predicted molar refractivity (Wildman–Crippen MR) is 113 cm³/mol. The van der Waals surface area contributed by atoms with Crippen molar-refractivity contribution in [3.05, 3.63) is 35.4 Å². The van der Waals surface area contributed by atoms with Crippen LogP contribution in [0.5, 0.6) is 0 Å². The van der Waals surface area contributed by atoms with Crippen LogP contribution < -0.4 is 0 Å². The molecule has 0 aromatic heterocycles. The molecule has 1 aliphatic heterocycles. The first-order valence-electron chi connectivity index (χ1n) is 10.5. The van der Waals surface area contributed by atoms with Crippen LogP contribution in [0, 0.1) is 16.2 Å². The Morgan fingerprint density at radius 1 is 1.11 bits per heavy atom. The third-order valence-electron chi connectivity index (χ3n) is 6.28. The summed E-state index contributed by atoms with van der Waals surface area (Å²) in [5, 5.41) is 0. The SMILES string of the molecule is CN(Cc1ccc(C(=O)N2CC3(C)C[C@H]2CC(C)(C)C3)cc1)C(=O)C(C)(C)C. The number of benzene rings is 1. The lowest BCUT2D eigenvalue weighted by Crippen LogP contribution is -2.37. The number of hydrogen-bond acceptors (Lipinski definition) is 2. The quantitative estimate of drug-likeness (QED) is 0.756. The van der Waals surface area contributed by atoms with Crippen LogP contribution in [-0.4, -0.2) is 41.2 Å². The number of carbonyl (C=O) groups excluding carboxylic acids is 2. The highest BCUT2D eigenvalue weighted by Crippen LogP contribution is 2.52. The van der Waals surface area contributed by atoms with Gasteiger partial charge in [0.05, 0.1) is 0 Å². The van der Waals surface area contributed by atoms with Gasteiger partial charge in [0.25, 0.3) is 5.91 Å². The molecule has 3 rings (SSSR count). The van der Waals surface area contributed by atoms with Crippen LogP contribution in [0.2, 0.25) is 0 Å². The van der Waals surface area contributed by atoms with Gasteiger partial charge >= 0.3 is 0 Å². The molecule has 0 radical (unpaired) electrons. The zero-order valence-corrected chi connectivity index (χ0v) is 18.6. The molecule has 2 atom stereocenters. The van der Waals surface area contributed by atoms with E-state index in [1.165, 1.54) is 6.42 Å². The third kappa shape index (κ3) is 4.26. The van der Waals surface area contributed by atoms with Gasteiger partial charge in [0.1, 0.15) is 0 Å². The summed E-state index contributed by atoms with van der Waals surface area (Å²) in [5.41, 5.74) is 1.97. The Bertz CT molecular complexity index is 760. The van der Waals surface area contributed by atoms with Gasteiger partial charge in [-0.2, -0.15) is 0 Å². The number of fused-ring (bicyclic) bond motifs is 2.